The van der Waals surface area contributed by atoms with Gasteiger partial charge < -0.3 is 9.47 Å². The highest BCUT2D eigenvalue weighted by Gasteiger charge is 2.28. The highest BCUT2D eigenvalue weighted by atomic mass is 16.7. The first-order valence-electron chi connectivity index (χ1n) is 10.2. The van der Waals surface area contributed by atoms with Crippen molar-refractivity contribution in [2.24, 2.45) is 0 Å². The number of carbonyl (C=O) groups excluding carboxylic acids is 1. The van der Waals surface area contributed by atoms with Crippen LogP contribution in [0.3, 0.4) is 0 Å². The number of ether oxygens (including phenoxy) is 2. The van der Waals surface area contributed by atoms with Gasteiger partial charge in [0.25, 0.3) is 0 Å². The minimum Gasteiger partial charge on any atom is -0.448 e. The molecule has 25 heavy (non-hydrogen) atoms. The molecule has 0 atom stereocenters. The van der Waals surface area contributed by atoms with Crippen LogP contribution in [-0.2, 0) is 14.3 Å². The molecule has 1 aliphatic carbocycles. The Kier molecular flexibility index (Phi) is 10.2. The smallest absolute Gasteiger partial charge is 0.434 e. The summed E-state index contributed by atoms with van der Waals surface area (Å²) in [7, 11) is 0. The van der Waals surface area contributed by atoms with Crippen LogP contribution in [-0.4, -0.2) is 68.2 Å². The molecule has 2 aliphatic rings. The molecule has 2 rings (SSSR count). The van der Waals surface area contributed by atoms with Crippen molar-refractivity contribution < 1.29 is 19.1 Å². The molecule has 0 aromatic carbocycles. The molecule has 0 bridgehead atoms. The summed E-state index contributed by atoms with van der Waals surface area (Å²) >= 11 is 0. The lowest BCUT2D eigenvalue weighted by Gasteiger charge is -2.33. The molecule has 1 saturated heterocycles. The first-order chi connectivity index (χ1) is 12.3. The predicted octanol–water partition coefficient (Wildman–Crippen LogP) is 3.60. The number of hydrogen-bond acceptors (Lipinski definition) is 5. The van der Waals surface area contributed by atoms with E-state index in [0.717, 1.165) is 71.4 Å². The quantitative estimate of drug-likeness (QED) is 0.442. The summed E-state index contributed by atoms with van der Waals surface area (Å²) in [6.45, 7) is 7.48. The molecule has 2 fully saturated rings. The van der Waals surface area contributed by atoms with Crippen LogP contribution in [0, 0.1) is 0 Å². The fourth-order valence-corrected chi connectivity index (χ4v) is 3.47. The van der Waals surface area contributed by atoms with Crippen LogP contribution in [0.25, 0.3) is 0 Å². The minimum absolute atomic E-state index is 0.168. The monoisotopic (exact) mass is 356 g/mol. The summed E-state index contributed by atoms with van der Waals surface area (Å²) in [5, 5.41) is 1.54. The molecule has 0 aromatic heterocycles. The second kappa shape index (κ2) is 12.5. The molecule has 1 saturated carbocycles. The summed E-state index contributed by atoms with van der Waals surface area (Å²) in [5.74, 6) is 0. The van der Waals surface area contributed by atoms with E-state index in [1.165, 1.54) is 19.3 Å². The molecule has 146 valence electrons. The zero-order valence-corrected chi connectivity index (χ0v) is 15.9. The number of rotatable bonds is 10. The van der Waals surface area contributed by atoms with Gasteiger partial charge in [-0.2, -0.15) is 5.06 Å². The van der Waals surface area contributed by atoms with Crippen molar-refractivity contribution in [3.63, 3.8) is 0 Å². The Morgan fingerprint density at radius 2 is 1.84 bits per heavy atom. The fraction of sp³-hybridized carbons (Fsp3) is 0.947. The van der Waals surface area contributed by atoms with Crippen molar-refractivity contribution in [2.75, 3.05) is 46.1 Å². The maximum Gasteiger partial charge on any atom is 0.434 e. The van der Waals surface area contributed by atoms with E-state index < -0.39 is 0 Å². The molecule has 0 aromatic rings. The number of morpholine rings is 1. The molecular formula is C19H36N2O4. The number of nitrogens with zero attached hydrogens (tertiary/aromatic N) is 2. The standard InChI is InChI=1S/C19H36N2O4/c1-2-3-4-8-14-24-19(22)21(18-9-6-5-7-10-18)25-17-13-20-11-15-23-16-12-20/h18H,2-17H2,1H3. The second-order valence-corrected chi connectivity index (χ2v) is 7.08. The normalized spacial score (nSPS) is 19.7. The summed E-state index contributed by atoms with van der Waals surface area (Å²) in [6, 6.07) is 0.168. The van der Waals surface area contributed by atoms with E-state index in [1.54, 1.807) is 5.06 Å². The first-order valence-corrected chi connectivity index (χ1v) is 10.2. The van der Waals surface area contributed by atoms with E-state index in [2.05, 4.69) is 11.8 Å². The van der Waals surface area contributed by atoms with Crippen LogP contribution < -0.4 is 0 Å². The van der Waals surface area contributed by atoms with Crippen LogP contribution in [0.5, 0.6) is 0 Å². The molecular weight excluding hydrogens is 320 g/mol. The number of carbonyl (C=O) groups is 1. The number of hydrogen-bond donors (Lipinski definition) is 0. The Morgan fingerprint density at radius 1 is 1.08 bits per heavy atom. The molecule has 1 amide bonds. The van der Waals surface area contributed by atoms with Gasteiger partial charge in [-0.1, -0.05) is 45.4 Å². The molecule has 6 heteroatoms. The third kappa shape index (κ3) is 7.92. The van der Waals surface area contributed by atoms with Gasteiger partial charge >= 0.3 is 6.09 Å². The average Bonchev–Trinajstić information content (AvgIpc) is 2.66. The van der Waals surface area contributed by atoms with Gasteiger partial charge in [0, 0.05) is 19.6 Å². The van der Waals surface area contributed by atoms with E-state index >= 15 is 0 Å². The van der Waals surface area contributed by atoms with E-state index in [4.69, 9.17) is 14.3 Å². The van der Waals surface area contributed by atoms with Crippen LogP contribution >= 0.6 is 0 Å². The molecule has 6 nitrogen and oxygen atoms in total. The highest BCUT2D eigenvalue weighted by Crippen LogP contribution is 2.23. The molecule has 0 radical (unpaired) electrons. The third-order valence-corrected chi connectivity index (χ3v) is 5.05. The van der Waals surface area contributed by atoms with Gasteiger partial charge in [0.1, 0.15) is 0 Å². The third-order valence-electron chi connectivity index (χ3n) is 5.05. The first kappa shape index (κ1) is 20.5. The fourth-order valence-electron chi connectivity index (χ4n) is 3.47. The van der Waals surface area contributed by atoms with Crippen molar-refractivity contribution in [3.8, 4) is 0 Å². The van der Waals surface area contributed by atoms with Crippen LogP contribution in [0.4, 0.5) is 4.79 Å². The second-order valence-electron chi connectivity index (χ2n) is 7.08. The zero-order chi connectivity index (χ0) is 17.7. The summed E-state index contributed by atoms with van der Waals surface area (Å²) in [4.78, 5) is 20.7. The summed E-state index contributed by atoms with van der Waals surface area (Å²) < 4.78 is 10.8. The predicted molar refractivity (Wildman–Crippen MR) is 97.4 cm³/mol. The van der Waals surface area contributed by atoms with E-state index in [-0.39, 0.29) is 12.1 Å². The Balaban J connectivity index is 1.74. The molecule has 0 spiro atoms. The Hall–Kier alpha value is -0.850. The van der Waals surface area contributed by atoms with Gasteiger partial charge in [-0.25, -0.2) is 4.79 Å². The maximum atomic E-state index is 12.5. The summed E-state index contributed by atoms with van der Waals surface area (Å²) in [5.41, 5.74) is 0. The number of unbranched alkanes of at least 4 members (excludes halogenated alkanes) is 3. The lowest BCUT2D eigenvalue weighted by Crippen LogP contribution is -2.44. The van der Waals surface area contributed by atoms with Crippen molar-refractivity contribution in [2.45, 2.75) is 70.8 Å². The number of amides is 1. The van der Waals surface area contributed by atoms with Crippen molar-refractivity contribution in [1.29, 1.82) is 0 Å². The lowest BCUT2D eigenvalue weighted by molar-refractivity contribution is -0.171. The highest BCUT2D eigenvalue weighted by molar-refractivity contribution is 5.66. The Labute approximate surface area is 152 Å². The van der Waals surface area contributed by atoms with Crippen molar-refractivity contribution >= 4 is 6.09 Å². The number of hydroxylamine groups is 2. The minimum atomic E-state index is -0.301. The van der Waals surface area contributed by atoms with Crippen LogP contribution in [0.15, 0.2) is 0 Å². The zero-order valence-electron chi connectivity index (χ0n) is 15.9. The largest absolute Gasteiger partial charge is 0.448 e. The SMILES string of the molecule is CCCCCCOC(=O)N(OCCN1CCOCC1)C1CCCCC1. The van der Waals surface area contributed by atoms with Gasteiger partial charge in [-0.15, -0.1) is 0 Å². The molecule has 1 heterocycles. The van der Waals surface area contributed by atoms with E-state index in [0.29, 0.717) is 13.2 Å². The lowest BCUT2D eigenvalue weighted by atomic mass is 9.95. The van der Waals surface area contributed by atoms with Crippen LogP contribution in [0.1, 0.15) is 64.7 Å². The summed E-state index contributed by atoms with van der Waals surface area (Å²) in [6.07, 6.45) is 9.75. The topological polar surface area (TPSA) is 51.2 Å². The van der Waals surface area contributed by atoms with Crippen LogP contribution in [0.2, 0.25) is 0 Å². The molecule has 1 aliphatic heterocycles. The van der Waals surface area contributed by atoms with Crippen molar-refractivity contribution in [1.82, 2.24) is 9.96 Å². The molecule has 0 unspecified atom stereocenters. The maximum absolute atomic E-state index is 12.5. The van der Waals surface area contributed by atoms with Gasteiger partial charge in [0.2, 0.25) is 0 Å². The van der Waals surface area contributed by atoms with Gasteiger partial charge in [-0.05, 0) is 19.3 Å². The van der Waals surface area contributed by atoms with Gasteiger partial charge in [0.15, 0.2) is 0 Å². The van der Waals surface area contributed by atoms with Crippen molar-refractivity contribution in [3.05, 3.63) is 0 Å². The molecule has 0 N–H and O–H groups in total. The van der Waals surface area contributed by atoms with Gasteiger partial charge in [-0.3, -0.25) is 9.74 Å². The van der Waals surface area contributed by atoms with E-state index in [9.17, 15) is 4.79 Å². The Morgan fingerprint density at radius 3 is 2.56 bits per heavy atom. The van der Waals surface area contributed by atoms with Gasteiger partial charge in [0.05, 0.1) is 32.5 Å². The Bertz CT molecular complexity index is 355. The van der Waals surface area contributed by atoms with E-state index in [1.807, 2.05) is 0 Å². The average molecular weight is 357 g/mol.